The molecule has 7 nitrogen and oxygen atoms in total. The van der Waals surface area contributed by atoms with Crippen LogP contribution in [0.3, 0.4) is 0 Å². The molecule has 0 spiro atoms. The van der Waals surface area contributed by atoms with E-state index < -0.39 is 0 Å². The summed E-state index contributed by atoms with van der Waals surface area (Å²) in [5.74, 6) is 2.56. The van der Waals surface area contributed by atoms with E-state index >= 15 is 0 Å². The highest BCUT2D eigenvalue weighted by molar-refractivity contribution is 6.30. The number of nitrogens with one attached hydrogen (secondary N) is 2. The fourth-order valence-electron chi connectivity index (χ4n) is 2.78. The first-order chi connectivity index (χ1) is 11.7. The Morgan fingerprint density at radius 1 is 1.17 bits per heavy atom. The number of hydrogen-bond acceptors (Lipinski definition) is 5. The molecule has 0 unspecified atom stereocenters. The second-order valence-electron chi connectivity index (χ2n) is 5.60. The summed E-state index contributed by atoms with van der Waals surface area (Å²) in [5.41, 5.74) is 3.63. The van der Waals surface area contributed by atoms with Gasteiger partial charge in [0, 0.05) is 22.8 Å². The molecule has 0 fully saturated rings. The summed E-state index contributed by atoms with van der Waals surface area (Å²) < 4.78 is 12.6. The van der Waals surface area contributed by atoms with Crippen molar-refractivity contribution in [2.75, 3.05) is 12.1 Å². The molecule has 2 aromatic heterocycles. The topological polar surface area (TPSA) is 76.5 Å². The van der Waals surface area contributed by atoms with Crippen LogP contribution >= 0.6 is 11.6 Å². The summed E-state index contributed by atoms with van der Waals surface area (Å²) in [6.45, 7) is 2.24. The minimum absolute atomic E-state index is 0.236. The number of aryl methyl sites for hydroxylation is 1. The van der Waals surface area contributed by atoms with Gasteiger partial charge in [-0.15, -0.1) is 0 Å². The number of hydrogen-bond donors (Lipinski definition) is 2. The number of halogens is 1. The minimum Gasteiger partial charge on any atom is -0.454 e. The van der Waals surface area contributed by atoms with Gasteiger partial charge < -0.3 is 14.8 Å². The van der Waals surface area contributed by atoms with Gasteiger partial charge >= 0.3 is 0 Å². The molecule has 0 atom stereocenters. The summed E-state index contributed by atoms with van der Waals surface area (Å²) in [5, 5.41) is 7.10. The first-order valence-electron chi connectivity index (χ1n) is 7.38. The van der Waals surface area contributed by atoms with Gasteiger partial charge in [-0.3, -0.25) is 5.10 Å². The fourth-order valence-corrected chi connectivity index (χ4v) is 2.96. The maximum atomic E-state index is 6.06. The molecule has 1 aliphatic heterocycles. The number of anilines is 2. The predicted molar refractivity (Wildman–Crippen MR) is 90.4 cm³/mol. The molecule has 4 aromatic rings. The lowest BCUT2D eigenvalue weighted by Crippen LogP contribution is -1.96. The first kappa shape index (κ1) is 13.5. The third kappa shape index (κ3) is 1.98. The van der Waals surface area contributed by atoms with Gasteiger partial charge in [0.2, 0.25) is 12.7 Å². The average Bonchev–Trinajstić information content (AvgIpc) is 3.23. The van der Waals surface area contributed by atoms with Gasteiger partial charge in [-0.25, -0.2) is 9.50 Å². The molecule has 8 heteroatoms. The van der Waals surface area contributed by atoms with Crippen molar-refractivity contribution in [3.63, 3.8) is 0 Å². The van der Waals surface area contributed by atoms with Gasteiger partial charge in [-0.05, 0) is 24.6 Å². The number of aromatic amines is 1. The Morgan fingerprint density at radius 2 is 2.00 bits per heavy atom. The van der Waals surface area contributed by atoms with E-state index in [4.69, 9.17) is 21.1 Å². The quantitative estimate of drug-likeness (QED) is 0.582. The average molecular weight is 342 g/mol. The van der Waals surface area contributed by atoms with Crippen LogP contribution in [0.2, 0.25) is 5.02 Å². The molecule has 24 heavy (non-hydrogen) atoms. The van der Waals surface area contributed by atoms with Crippen molar-refractivity contribution in [3.8, 4) is 11.5 Å². The van der Waals surface area contributed by atoms with E-state index in [-0.39, 0.29) is 6.79 Å². The van der Waals surface area contributed by atoms with Crippen LogP contribution in [0.25, 0.3) is 16.8 Å². The molecule has 0 bridgehead atoms. The zero-order valence-electron chi connectivity index (χ0n) is 12.6. The van der Waals surface area contributed by atoms with Crippen molar-refractivity contribution in [1.82, 2.24) is 19.6 Å². The maximum absolute atomic E-state index is 6.06. The monoisotopic (exact) mass is 341 g/mol. The molecule has 0 saturated heterocycles. The largest absolute Gasteiger partial charge is 0.454 e. The molecule has 1 aliphatic rings. The summed E-state index contributed by atoms with van der Waals surface area (Å²) >= 11 is 6.06. The van der Waals surface area contributed by atoms with Gasteiger partial charge in [0.25, 0.3) is 5.78 Å². The number of aromatic nitrogens is 4. The van der Waals surface area contributed by atoms with E-state index in [9.17, 15) is 0 Å². The highest BCUT2D eigenvalue weighted by atomic mass is 35.5. The SMILES string of the molecule is Cc1ccc(Cl)cc1Nc1nc2nc3cc4c(cc3n2[nH]1)OCO4. The molecule has 5 rings (SSSR count). The van der Waals surface area contributed by atoms with Gasteiger partial charge in [-0.1, -0.05) is 17.7 Å². The van der Waals surface area contributed by atoms with E-state index in [1.54, 1.807) is 4.52 Å². The smallest absolute Gasteiger partial charge is 0.253 e. The Bertz CT molecular complexity index is 1100. The number of benzene rings is 2. The zero-order chi connectivity index (χ0) is 16.3. The van der Waals surface area contributed by atoms with Gasteiger partial charge in [0.05, 0.1) is 11.0 Å². The Balaban J connectivity index is 1.59. The number of fused-ring (bicyclic) bond motifs is 4. The van der Waals surface area contributed by atoms with Crippen molar-refractivity contribution in [1.29, 1.82) is 0 Å². The molecule has 3 heterocycles. The number of imidazole rings is 1. The van der Waals surface area contributed by atoms with E-state index in [2.05, 4.69) is 20.4 Å². The van der Waals surface area contributed by atoms with Crippen LogP contribution < -0.4 is 14.8 Å². The summed E-state index contributed by atoms with van der Waals surface area (Å²) in [7, 11) is 0. The van der Waals surface area contributed by atoms with E-state index in [0.29, 0.717) is 28.2 Å². The fraction of sp³-hybridized carbons (Fsp3) is 0.125. The lowest BCUT2D eigenvalue weighted by molar-refractivity contribution is 0.174. The van der Waals surface area contributed by atoms with Crippen molar-refractivity contribution in [2.45, 2.75) is 6.92 Å². The second kappa shape index (κ2) is 4.78. The molecule has 2 N–H and O–H groups in total. The summed E-state index contributed by atoms with van der Waals surface area (Å²) in [6.07, 6.45) is 0. The lowest BCUT2D eigenvalue weighted by Gasteiger charge is -2.06. The Morgan fingerprint density at radius 3 is 2.88 bits per heavy atom. The number of H-pyrrole nitrogens is 1. The minimum atomic E-state index is 0.236. The third-order valence-electron chi connectivity index (χ3n) is 4.01. The van der Waals surface area contributed by atoms with E-state index in [1.807, 2.05) is 37.3 Å². The zero-order valence-corrected chi connectivity index (χ0v) is 13.4. The highest BCUT2D eigenvalue weighted by Crippen LogP contribution is 2.36. The van der Waals surface area contributed by atoms with Crippen LogP contribution in [0.5, 0.6) is 11.5 Å². The highest BCUT2D eigenvalue weighted by Gasteiger charge is 2.18. The molecular formula is C16H12ClN5O2. The first-order valence-corrected chi connectivity index (χ1v) is 7.76. The second-order valence-corrected chi connectivity index (χ2v) is 6.03. The van der Waals surface area contributed by atoms with Gasteiger partial charge in [0.15, 0.2) is 11.5 Å². The molecular weight excluding hydrogens is 330 g/mol. The van der Waals surface area contributed by atoms with Crippen LogP contribution in [0, 0.1) is 6.92 Å². The molecule has 120 valence electrons. The van der Waals surface area contributed by atoms with Gasteiger partial charge in [-0.2, -0.15) is 4.98 Å². The Hall–Kier alpha value is -2.93. The number of nitrogens with zero attached hydrogens (tertiary/aromatic N) is 3. The molecule has 2 aromatic carbocycles. The van der Waals surface area contributed by atoms with E-state index in [0.717, 1.165) is 22.3 Å². The summed E-state index contributed by atoms with van der Waals surface area (Å²) in [6, 6.07) is 9.42. The molecule has 0 radical (unpaired) electrons. The standard InChI is InChI=1S/C16H12ClN5O2/c1-8-2-3-9(17)4-10(8)18-15-20-16-19-11-5-13-14(24-7-23-13)6-12(11)22(16)21-15/h2-6H,7H2,1H3,(H2,18,19,20,21). The normalized spacial score (nSPS) is 13.1. The van der Waals surface area contributed by atoms with Crippen LogP contribution in [0.1, 0.15) is 5.56 Å². The van der Waals surface area contributed by atoms with Crippen molar-refractivity contribution in [2.24, 2.45) is 0 Å². The predicted octanol–water partition coefficient (Wildman–Crippen LogP) is 3.64. The lowest BCUT2D eigenvalue weighted by atomic mass is 10.2. The van der Waals surface area contributed by atoms with Crippen molar-refractivity contribution < 1.29 is 9.47 Å². The van der Waals surface area contributed by atoms with Crippen LogP contribution in [-0.4, -0.2) is 26.4 Å². The third-order valence-corrected chi connectivity index (χ3v) is 4.25. The molecule has 0 amide bonds. The van der Waals surface area contributed by atoms with Gasteiger partial charge in [0.1, 0.15) is 0 Å². The van der Waals surface area contributed by atoms with E-state index in [1.165, 1.54) is 0 Å². The van der Waals surface area contributed by atoms with Crippen LogP contribution in [0.4, 0.5) is 11.6 Å². The summed E-state index contributed by atoms with van der Waals surface area (Å²) in [4.78, 5) is 8.99. The Labute approximate surface area is 141 Å². The molecule has 0 saturated carbocycles. The Kier molecular flexibility index (Phi) is 2.69. The number of rotatable bonds is 2. The van der Waals surface area contributed by atoms with Crippen molar-refractivity contribution in [3.05, 3.63) is 40.9 Å². The maximum Gasteiger partial charge on any atom is 0.253 e. The molecule has 0 aliphatic carbocycles. The van der Waals surface area contributed by atoms with Crippen molar-refractivity contribution >= 4 is 40.0 Å². The van der Waals surface area contributed by atoms with Crippen LogP contribution in [-0.2, 0) is 0 Å². The van der Waals surface area contributed by atoms with Crippen LogP contribution in [0.15, 0.2) is 30.3 Å². The number of ether oxygens (including phenoxy) is 2.